The molecule has 0 aliphatic carbocycles. The molecule has 17 heavy (non-hydrogen) atoms. The Hall–Kier alpha value is -0.870. The molecular weight excluding hydrogens is 214 g/mol. The van der Waals surface area contributed by atoms with Gasteiger partial charge < -0.3 is 10.2 Å². The third-order valence-corrected chi connectivity index (χ3v) is 3.78. The van der Waals surface area contributed by atoms with Crippen molar-refractivity contribution >= 4 is 0 Å². The van der Waals surface area contributed by atoms with E-state index in [2.05, 4.69) is 16.8 Å². The van der Waals surface area contributed by atoms with Gasteiger partial charge in [0.2, 0.25) is 5.89 Å². The Labute approximate surface area is 103 Å². The lowest BCUT2D eigenvalue weighted by Gasteiger charge is -2.37. The SMILES string of the molecule is Cc1nc(CN2CCC(C)CC2CN)oc1C. The lowest BCUT2D eigenvalue weighted by atomic mass is 9.92. The summed E-state index contributed by atoms with van der Waals surface area (Å²) in [6, 6.07) is 0.478. The number of rotatable bonds is 3. The van der Waals surface area contributed by atoms with Crippen LogP contribution in [0.25, 0.3) is 0 Å². The Balaban J connectivity index is 2.02. The van der Waals surface area contributed by atoms with E-state index in [9.17, 15) is 0 Å². The quantitative estimate of drug-likeness (QED) is 0.871. The fraction of sp³-hybridized carbons (Fsp3) is 0.769. The molecule has 2 unspecified atom stereocenters. The van der Waals surface area contributed by atoms with Crippen molar-refractivity contribution < 1.29 is 4.42 Å². The van der Waals surface area contributed by atoms with Gasteiger partial charge >= 0.3 is 0 Å². The Morgan fingerprint density at radius 2 is 2.24 bits per heavy atom. The van der Waals surface area contributed by atoms with Gasteiger partial charge in [0.25, 0.3) is 0 Å². The van der Waals surface area contributed by atoms with Crippen molar-refractivity contribution in [3.05, 3.63) is 17.3 Å². The van der Waals surface area contributed by atoms with Crippen LogP contribution in [0.3, 0.4) is 0 Å². The standard InChI is InChI=1S/C13H23N3O/c1-9-4-5-16(12(6-9)7-14)8-13-15-10(2)11(3)17-13/h9,12H,4-8,14H2,1-3H3. The van der Waals surface area contributed by atoms with Crippen LogP contribution in [0.4, 0.5) is 0 Å². The molecule has 0 amide bonds. The van der Waals surface area contributed by atoms with Crippen LogP contribution in [0, 0.1) is 19.8 Å². The summed E-state index contributed by atoms with van der Waals surface area (Å²) in [5, 5.41) is 0. The molecule has 1 aromatic rings. The molecule has 2 atom stereocenters. The van der Waals surface area contributed by atoms with Gasteiger partial charge in [0, 0.05) is 12.6 Å². The molecule has 0 saturated carbocycles. The number of hydrogen-bond acceptors (Lipinski definition) is 4. The highest BCUT2D eigenvalue weighted by atomic mass is 16.4. The fourth-order valence-electron chi connectivity index (χ4n) is 2.53. The Kier molecular flexibility index (Phi) is 3.84. The summed E-state index contributed by atoms with van der Waals surface area (Å²) in [5.74, 6) is 2.54. The van der Waals surface area contributed by atoms with Crippen LogP contribution in [-0.4, -0.2) is 29.0 Å². The summed E-state index contributed by atoms with van der Waals surface area (Å²) in [5.41, 5.74) is 6.85. The molecule has 1 aliphatic rings. The molecule has 1 saturated heterocycles. The molecule has 0 radical (unpaired) electrons. The van der Waals surface area contributed by atoms with E-state index in [1.165, 1.54) is 12.8 Å². The number of aromatic nitrogens is 1. The molecule has 0 bridgehead atoms. The first-order valence-corrected chi connectivity index (χ1v) is 6.47. The lowest BCUT2D eigenvalue weighted by Crippen LogP contribution is -2.45. The zero-order valence-electron chi connectivity index (χ0n) is 11.1. The number of aryl methyl sites for hydroxylation is 2. The zero-order valence-corrected chi connectivity index (χ0v) is 11.1. The van der Waals surface area contributed by atoms with Crippen molar-refractivity contribution in [2.24, 2.45) is 11.7 Å². The Bertz CT molecular complexity index is 355. The third-order valence-electron chi connectivity index (χ3n) is 3.78. The summed E-state index contributed by atoms with van der Waals surface area (Å²) in [6.07, 6.45) is 2.43. The van der Waals surface area contributed by atoms with Gasteiger partial charge in [-0.15, -0.1) is 0 Å². The second-order valence-corrected chi connectivity index (χ2v) is 5.24. The maximum absolute atomic E-state index is 5.85. The zero-order chi connectivity index (χ0) is 12.4. The van der Waals surface area contributed by atoms with Crippen LogP contribution in [0.15, 0.2) is 4.42 Å². The van der Waals surface area contributed by atoms with Gasteiger partial charge in [-0.05, 0) is 39.2 Å². The normalized spacial score (nSPS) is 26.4. The topological polar surface area (TPSA) is 55.3 Å². The summed E-state index contributed by atoms with van der Waals surface area (Å²) in [6.45, 7) is 8.88. The monoisotopic (exact) mass is 237 g/mol. The average Bonchev–Trinajstić information content (AvgIpc) is 2.60. The van der Waals surface area contributed by atoms with Crippen molar-refractivity contribution in [1.29, 1.82) is 0 Å². The molecule has 1 fully saturated rings. The molecule has 2 rings (SSSR count). The van der Waals surface area contributed by atoms with Gasteiger partial charge in [-0.2, -0.15) is 0 Å². The van der Waals surface area contributed by atoms with Gasteiger partial charge in [-0.25, -0.2) is 4.98 Å². The summed E-state index contributed by atoms with van der Waals surface area (Å²) in [4.78, 5) is 6.85. The molecule has 4 heteroatoms. The summed E-state index contributed by atoms with van der Waals surface area (Å²) in [7, 11) is 0. The van der Waals surface area contributed by atoms with Crippen LogP contribution >= 0.6 is 0 Å². The average molecular weight is 237 g/mol. The highest BCUT2D eigenvalue weighted by molar-refractivity contribution is 5.05. The van der Waals surface area contributed by atoms with Crippen molar-refractivity contribution in [2.45, 2.75) is 46.2 Å². The smallest absolute Gasteiger partial charge is 0.208 e. The highest BCUT2D eigenvalue weighted by Crippen LogP contribution is 2.23. The third kappa shape index (κ3) is 2.87. The van der Waals surface area contributed by atoms with Crippen molar-refractivity contribution in [3.63, 3.8) is 0 Å². The van der Waals surface area contributed by atoms with Gasteiger partial charge in [0.15, 0.2) is 0 Å². The second-order valence-electron chi connectivity index (χ2n) is 5.24. The lowest BCUT2D eigenvalue weighted by molar-refractivity contribution is 0.105. The number of oxazole rings is 1. The molecule has 4 nitrogen and oxygen atoms in total. The number of likely N-dealkylation sites (tertiary alicyclic amines) is 1. The molecule has 1 aromatic heterocycles. The number of nitrogens with two attached hydrogens (primary N) is 1. The van der Waals surface area contributed by atoms with E-state index in [-0.39, 0.29) is 0 Å². The molecule has 96 valence electrons. The molecule has 2 heterocycles. The van der Waals surface area contributed by atoms with Gasteiger partial charge in [-0.1, -0.05) is 6.92 Å². The first-order valence-electron chi connectivity index (χ1n) is 6.47. The van der Waals surface area contributed by atoms with E-state index >= 15 is 0 Å². The van der Waals surface area contributed by atoms with E-state index in [1.54, 1.807) is 0 Å². The first-order chi connectivity index (χ1) is 8.10. The van der Waals surface area contributed by atoms with Crippen LogP contribution in [0.1, 0.15) is 37.1 Å². The van der Waals surface area contributed by atoms with E-state index in [1.807, 2.05) is 13.8 Å². The minimum Gasteiger partial charge on any atom is -0.444 e. The number of piperidine rings is 1. The van der Waals surface area contributed by atoms with E-state index in [4.69, 9.17) is 10.2 Å². The van der Waals surface area contributed by atoms with E-state index < -0.39 is 0 Å². The minimum atomic E-state index is 0.478. The molecular formula is C13H23N3O. The largest absolute Gasteiger partial charge is 0.444 e. The Morgan fingerprint density at radius 3 is 2.82 bits per heavy atom. The predicted octanol–water partition coefficient (Wildman–Crippen LogP) is 1.85. The van der Waals surface area contributed by atoms with Gasteiger partial charge in [0.05, 0.1) is 12.2 Å². The van der Waals surface area contributed by atoms with Crippen molar-refractivity contribution in [3.8, 4) is 0 Å². The number of nitrogens with zero attached hydrogens (tertiary/aromatic N) is 2. The van der Waals surface area contributed by atoms with Gasteiger partial charge in [-0.3, -0.25) is 4.90 Å². The van der Waals surface area contributed by atoms with Crippen molar-refractivity contribution in [2.75, 3.05) is 13.1 Å². The molecule has 2 N–H and O–H groups in total. The van der Waals surface area contributed by atoms with Crippen LogP contribution in [0.5, 0.6) is 0 Å². The Morgan fingerprint density at radius 1 is 1.47 bits per heavy atom. The highest BCUT2D eigenvalue weighted by Gasteiger charge is 2.26. The fourth-order valence-corrected chi connectivity index (χ4v) is 2.53. The van der Waals surface area contributed by atoms with Crippen LogP contribution in [0.2, 0.25) is 0 Å². The van der Waals surface area contributed by atoms with E-state index in [0.29, 0.717) is 6.04 Å². The minimum absolute atomic E-state index is 0.478. The molecule has 0 spiro atoms. The number of hydrogen-bond donors (Lipinski definition) is 1. The molecule has 1 aliphatic heterocycles. The van der Waals surface area contributed by atoms with E-state index in [0.717, 1.165) is 42.9 Å². The first kappa shape index (κ1) is 12.6. The van der Waals surface area contributed by atoms with Crippen LogP contribution < -0.4 is 5.73 Å². The predicted molar refractivity (Wildman–Crippen MR) is 67.6 cm³/mol. The maximum atomic E-state index is 5.85. The summed E-state index contributed by atoms with van der Waals surface area (Å²) >= 11 is 0. The van der Waals surface area contributed by atoms with Crippen LogP contribution in [-0.2, 0) is 6.54 Å². The second kappa shape index (κ2) is 5.19. The summed E-state index contributed by atoms with van der Waals surface area (Å²) < 4.78 is 5.64. The molecule has 0 aromatic carbocycles. The van der Waals surface area contributed by atoms with Gasteiger partial charge in [0.1, 0.15) is 5.76 Å². The van der Waals surface area contributed by atoms with Crippen molar-refractivity contribution in [1.82, 2.24) is 9.88 Å². The maximum Gasteiger partial charge on any atom is 0.208 e.